The first-order chi connectivity index (χ1) is 10.1. The van der Waals surface area contributed by atoms with Gasteiger partial charge < -0.3 is 10.1 Å². The van der Waals surface area contributed by atoms with Crippen LogP contribution in [0, 0.1) is 5.92 Å². The molecule has 0 aliphatic carbocycles. The predicted molar refractivity (Wildman–Crippen MR) is 90.6 cm³/mol. The maximum atomic E-state index is 6.15. The molecule has 0 aliphatic rings. The van der Waals surface area contributed by atoms with Crippen molar-refractivity contribution in [3.63, 3.8) is 0 Å². The van der Waals surface area contributed by atoms with Gasteiger partial charge in [-0.25, -0.2) is 0 Å². The summed E-state index contributed by atoms with van der Waals surface area (Å²) >= 11 is 12.1. The number of hydrogen-bond acceptors (Lipinski definition) is 2. The smallest absolute Gasteiger partial charge is 0.124 e. The largest absolute Gasteiger partial charge is 0.493 e. The van der Waals surface area contributed by atoms with Gasteiger partial charge in [0.25, 0.3) is 0 Å². The summed E-state index contributed by atoms with van der Waals surface area (Å²) in [6, 6.07) is 13.4. The molecule has 2 aromatic carbocycles. The first-order valence-corrected chi connectivity index (χ1v) is 7.71. The summed E-state index contributed by atoms with van der Waals surface area (Å²) in [5, 5.41) is 4.61. The zero-order valence-corrected chi connectivity index (χ0v) is 13.7. The highest BCUT2D eigenvalue weighted by atomic mass is 35.5. The summed E-state index contributed by atoms with van der Waals surface area (Å²) in [5.41, 5.74) is 1.91. The number of ether oxygens (including phenoxy) is 1. The van der Waals surface area contributed by atoms with Gasteiger partial charge in [-0.05, 0) is 30.2 Å². The van der Waals surface area contributed by atoms with Gasteiger partial charge in [0.05, 0.1) is 17.3 Å². The molecule has 0 unspecified atom stereocenters. The number of halogens is 2. The normalized spacial score (nSPS) is 10.7. The highest BCUT2D eigenvalue weighted by Gasteiger charge is 2.06. The lowest BCUT2D eigenvalue weighted by Crippen LogP contribution is -2.08. The molecule has 0 atom stereocenters. The Hall–Kier alpha value is -1.38. The molecule has 0 bridgehead atoms. The van der Waals surface area contributed by atoms with Crippen molar-refractivity contribution in [3.8, 4) is 5.75 Å². The number of hydrogen-bond donors (Lipinski definition) is 1. The van der Waals surface area contributed by atoms with Gasteiger partial charge in [-0.3, -0.25) is 0 Å². The molecular formula is C17H19Cl2NO. The Kier molecular flexibility index (Phi) is 5.77. The van der Waals surface area contributed by atoms with Crippen molar-refractivity contribution in [1.82, 2.24) is 0 Å². The number of anilines is 1. The molecule has 0 heterocycles. The Morgan fingerprint density at radius 3 is 2.62 bits per heavy atom. The van der Waals surface area contributed by atoms with Crippen LogP contribution in [0.25, 0.3) is 0 Å². The maximum absolute atomic E-state index is 6.15. The average molecular weight is 324 g/mol. The molecule has 2 aromatic rings. The van der Waals surface area contributed by atoms with E-state index in [4.69, 9.17) is 27.9 Å². The van der Waals surface area contributed by atoms with Crippen molar-refractivity contribution in [1.29, 1.82) is 0 Å². The van der Waals surface area contributed by atoms with Crippen molar-refractivity contribution in [3.05, 3.63) is 58.1 Å². The van der Waals surface area contributed by atoms with E-state index in [2.05, 4.69) is 19.2 Å². The van der Waals surface area contributed by atoms with E-state index in [9.17, 15) is 0 Å². The van der Waals surface area contributed by atoms with Crippen molar-refractivity contribution >= 4 is 28.9 Å². The Bertz CT molecular complexity index is 599. The van der Waals surface area contributed by atoms with E-state index in [1.807, 2.05) is 30.3 Å². The Morgan fingerprint density at radius 1 is 1.10 bits per heavy atom. The third kappa shape index (κ3) is 4.83. The monoisotopic (exact) mass is 323 g/mol. The summed E-state index contributed by atoms with van der Waals surface area (Å²) < 4.78 is 5.84. The standard InChI is InChI=1S/C17H19Cl2NO/c1-12(2)11-21-17-6-4-3-5-13(17)10-20-16-9-14(18)7-8-15(16)19/h3-9,12,20H,10-11H2,1-2H3. The van der Waals surface area contributed by atoms with E-state index < -0.39 is 0 Å². The fourth-order valence-electron chi connectivity index (χ4n) is 1.87. The van der Waals surface area contributed by atoms with Crippen LogP contribution in [-0.4, -0.2) is 6.61 Å². The Morgan fingerprint density at radius 2 is 1.86 bits per heavy atom. The van der Waals surface area contributed by atoms with E-state index in [0.717, 1.165) is 17.0 Å². The molecule has 2 rings (SSSR count). The van der Waals surface area contributed by atoms with Crippen molar-refractivity contribution in [2.45, 2.75) is 20.4 Å². The first-order valence-electron chi connectivity index (χ1n) is 6.96. The van der Waals surface area contributed by atoms with Gasteiger partial charge in [-0.15, -0.1) is 0 Å². The van der Waals surface area contributed by atoms with Gasteiger partial charge in [0.2, 0.25) is 0 Å². The van der Waals surface area contributed by atoms with E-state index in [1.54, 1.807) is 12.1 Å². The summed E-state index contributed by atoms with van der Waals surface area (Å²) in [4.78, 5) is 0. The maximum Gasteiger partial charge on any atom is 0.124 e. The van der Waals surface area contributed by atoms with E-state index in [1.165, 1.54) is 0 Å². The van der Waals surface area contributed by atoms with E-state index >= 15 is 0 Å². The summed E-state index contributed by atoms with van der Waals surface area (Å²) in [6.45, 7) is 5.60. The number of nitrogens with one attached hydrogen (secondary N) is 1. The first kappa shape index (κ1) is 16.0. The second kappa shape index (κ2) is 7.58. The zero-order chi connectivity index (χ0) is 15.2. The molecule has 0 aromatic heterocycles. The lowest BCUT2D eigenvalue weighted by Gasteiger charge is -2.14. The van der Waals surface area contributed by atoms with Gasteiger partial charge in [0.15, 0.2) is 0 Å². The molecule has 1 N–H and O–H groups in total. The predicted octanol–water partition coefficient (Wildman–Crippen LogP) is 5.64. The fourth-order valence-corrected chi connectivity index (χ4v) is 2.23. The van der Waals surface area contributed by atoms with Crippen LogP contribution in [0.3, 0.4) is 0 Å². The number of benzene rings is 2. The van der Waals surface area contributed by atoms with Crippen LogP contribution >= 0.6 is 23.2 Å². The molecular weight excluding hydrogens is 305 g/mol. The third-order valence-corrected chi connectivity index (χ3v) is 3.51. The molecule has 2 nitrogen and oxygen atoms in total. The summed E-state index contributed by atoms with van der Waals surface area (Å²) in [7, 11) is 0. The third-order valence-electron chi connectivity index (χ3n) is 2.94. The van der Waals surface area contributed by atoms with Crippen LogP contribution in [-0.2, 0) is 6.54 Å². The Labute approximate surface area is 136 Å². The van der Waals surface area contributed by atoms with Crippen LogP contribution in [0.4, 0.5) is 5.69 Å². The molecule has 0 saturated carbocycles. The highest BCUT2D eigenvalue weighted by Crippen LogP contribution is 2.27. The SMILES string of the molecule is CC(C)COc1ccccc1CNc1cc(Cl)ccc1Cl. The zero-order valence-electron chi connectivity index (χ0n) is 12.2. The molecule has 0 radical (unpaired) electrons. The topological polar surface area (TPSA) is 21.3 Å². The number of para-hydroxylation sites is 1. The fraction of sp³-hybridized carbons (Fsp3) is 0.294. The van der Waals surface area contributed by atoms with Crippen LogP contribution in [0.1, 0.15) is 19.4 Å². The highest BCUT2D eigenvalue weighted by molar-refractivity contribution is 6.35. The van der Waals surface area contributed by atoms with Gasteiger partial charge in [0, 0.05) is 17.1 Å². The lowest BCUT2D eigenvalue weighted by molar-refractivity contribution is 0.269. The molecule has 112 valence electrons. The van der Waals surface area contributed by atoms with Gasteiger partial charge in [0.1, 0.15) is 5.75 Å². The van der Waals surface area contributed by atoms with Crippen molar-refractivity contribution < 1.29 is 4.74 Å². The van der Waals surface area contributed by atoms with Gasteiger partial charge in [-0.2, -0.15) is 0 Å². The van der Waals surface area contributed by atoms with Crippen molar-refractivity contribution in [2.24, 2.45) is 5.92 Å². The lowest BCUT2D eigenvalue weighted by atomic mass is 10.2. The molecule has 0 fully saturated rings. The average Bonchev–Trinajstić information content (AvgIpc) is 2.47. The Balaban J connectivity index is 2.07. The number of rotatable bonds is 6. The molecule has 0 spiro atoms. The minimum atomic E-state index is 0.494. The van der Waals surface area contributed by atoms with Crippen LogP contribution < -0.4 is 10.1 Å². The molecule has 0 saturated heterocycles. The van der Waals surface area contributed by atoms with Crippen molar-refractivity contribution in [2.75, 3.05) is 11.9 Å². The van der Waals surface area contributed by atoms with Gasteiger partial charge >= 0.3 is 0 Å². The molecule has 4 heteroatoms. The minimum absolute atomic E-state index is 0.494. The second-order valence-corrected chi connectivity index (χ2v) is 6.13. The summed E-state index contributed by atoms with van der Waals surface area (Å²) in [6.07, 6.45) is 0. The minimum Gasteiger partial charge on any atom is -0.493 e. The van der Waals surface area contributed by atoms with Gasteiger partial charge in [-0.1, -0.05) is 55.2 Å². The molecule has 21 heavy (non-hydrogen) atoms. The summed E-state index contributed by atoms with van der Waals surface area (Å²) in [5.74, 6) is 1.39. The second-order valence-electron chi connectivity index (χ2n) is 5.29. The van der Waals surface area contributed by atoms with Crippen LogP contribution in [0.2, 0.25) is 10.0 Å². The van der Waals surface area contributed by atoms with Crippen LogP contribution in [0.5, 0.6) is 5.75 Å². The molecule has 0 amide bonds. The molecule has 0 aliphatic heterocycles. The van der Waals surface area contributed by atoms with Crippen LogP contribution in [0.15, 0.2) is 42.5 Å². The van der Waals surface area contributed by atoms with E-state index in [-0.39, 0.29) is 0 Å². The van der Waals surface area contributed by atoms with E-state index in [0.29, 0.717) is 29.1 Å². The quantitative estimate of drug-likeness (QED) is 0.742.